The number of likely N-dealkylation sites (N-methyl/N-ethyl adjacent to an activating group) is 1. The van der Waals surface area contributed by atoms with Crippen LogP contribution in [0.5, 0.6) is 0 Å². The van der Waals surface area contributed by atoms with Crippen LogP contribution in [0, 0.1) is 5.82 Å². The lowest BCUT2D eigenvalue weighted by Crippen LogP contribution is -2.45. The Morgan fingerprint density at radius 3 is 2.29 bits per heavy atom. The quantitative estimate of drug-likeness (QED) is 0.654. The molecule has 164 valence electrons. The zero-order valence-corrected chi connectivity index (χ0v) is 18.2. The van der Waals surface area contributed by atoms with Crippen molar-refractivity contribution in [1.29, 1.82) is 0 Å². The van der Waals surface area contributed by atoms with Gasteiger partial charge in [0.15, 0.2) is 0 Å². The Kier molecular flexibility index (Phi) is 7.25. The van der Waals surface area contributed by atoms with Crippen molar-refractivity contribution in [1.82, 2.24) is 14.7 Å². The number of halogens is 2. The highest BCUT2D eigenvalue weighted by atomic mass is 35.5. The number of anilines is 1. The van der Waals surface area contributed by atoms with Crippen molar-refractivity contribution in [3.05, 3.63) is 64.9 Å². The summed E-state index contributed by atoms with van der Waals surface area (Å²) < 4.78 is 13.2. The molecule has 1 aliphatic heterocycles. The van der Waals surface area contributed by atoms with Crippen molar-refractivity contribution in [3.8, 4) is 0 Å². The van der Waals surface area contributed by atoms with E-state index in [0.29, 0.717) is 29.4 Å². The maximum Gasteiger partial charge on any atom is 0.254 e. The van der Waals surface area contributed by atoms with E-state index in [2.05, 4.69) is 0 Å². The number of hydrogen-bond donors (Lipinski definition) is 0. The SMILES string of the molecule is CN(C)CCN(CC(=O)N1CC(=O)N(c2ccc(Cl)cc2)C1)C(=O)c1ccc(F)cc1. The van der Waals surface area contributed by atoms with Crippen LogP contribution in [-0.4, -0.2) is 79.4 Å². The van der Waals surface area contributed by atoms with Crippen LogP contribution in [0.1, 0.15) is 10.4 Å². The van der Waals surface area contributed by atoms with Gasteiger partial charge in [0, 0.05) is 29.4 Å². The molecule has 7 nitrogen and oxygen atoms in total. The van der Waals surface area contributed by atoms with Crippen LogP contribution >= 0.6 is 11.6 Å². The number of hydrogen-bond acceptors (Lipinski definition) is 4. The first-order valence-electron chi connectivity index (χ1n) is 9.78. The van der Waals surface area contributed by atoms with Gasteiger partial charge in [-0.3, -0.25) is 19.3 Å². The third-order valence-corrected chi connectivity index (χ3v) is 5.20. The monoisotopic (exact) mass is 446 g/mol. The van der Waals surface area contributed by atoms with Crippen LogP contribution in [0.25, 0.3) is 0 Å². The van der Waals surface area contributed by atoms with Gasteiger partial charge in [-0.2, -0.15) is 0 Å². The Bertz CT molecular complexity index is 950. The Balaban J connectivity index is 1.70. The summed E-state index contributed by atoms with van der Waals surface area (Å²) in [7, 11) is 3.73. The summed E-state index contributed by atoms with van der Waals surface area (Å²) >= 11 is 5.90. The van der Waals surface area contributed by atoms with Gasteiger partial charge in [0.1, 0.15) is 25.6 Å². The highest BCUT2D eigenvalue weighted by Crippen LogP contribution is 2.22. The predicted octanol–water partition coefficient (Wildman–Crippen LogP) is 2.32. The zero-order chi connectivity index (χ0) is 22.5. The Morgan fingerprint density at radius 1 is 1.03 bits per heavy atom. The summed E-state index contributed by atoms with van der Waals surface area (Å²) in [4.78, 5) is 44.5. The van der Waals surface area contributed by atoms with Gasteiger partial charge in [-0.25, -0.2) is 4.39 Å². The molecule has 0 aromatic heterocycles. The number of nitrogens with zero attached hydrogens (tertiary/aromatic N) is 4. The molecule has 0 unspecified atom stereocenters. The molecule has 0 N–H and O–H groups in total. The number of amides is 3. The van der Waals surface area contributed by atoms with E-state index in [1.54, 1.807) is 24.3 Å². The van der Waals surface area contributed by atoms with Crippen LogP contribution in [0.2, 0.25) is 5.02 Å². The number of rotatable bonds is 7. The molecular weight excluding hydrogens is 423 g/mol. The van der Waals surface area contributed by atoms with Gasteiger partial charge in [-0.05, 0) is 62.6 Å². The maximum absolute atomic E-state index is 13.2. The Morgan fingerprint density at radius 2 is 1.68 bits per heavy atom. The van der Waals surface area contributed by atoms with E-state index >= 15 is 0 Å². The molecule has 0 atom stereocenters. The Hall–Kier alpha value is -2.97. The third-order valence-electron chi connectivity index (χ3n) is 4.95. The molecule has 1 saturated heterocycles. The van der Waals surface area contributed by atoms with E-state index in [0.717, 1.165) is 0 Å². The van der Waals surface area contributed by atoms with Crippen LogP contribution in [-0.2, 0) is 9.59 Å². The van der Waals surface area contributed by atoms with Crippen molar-refractivity contribution < 1.29 is 18.8 Å². The standard InChI is InChI=1S/C22H24ClFN4O3/c1-25(2)11-12-26(22(31)16-3-7-18(24)8-4-16)13-20(29)27-14-21(30)28(15-27)19-9-5-17(23)6-10-19/h3-10H,11-15H2,1-2H3. The molecule has 1 fully saturated rings. The van der Waals surface area contributed by atoms with Crippen LogP contribution in [0.4, 0.5) is 10.1 Å². The number of carbonyl (C=O) groups is 3. The van der Waals surface area contributed by atoms with Gasteiger partial charge in [0.25, 0.3) is 5.91 Å². The van der Waals surface area contributed by atoms with E-state index in [9.17, 15) is 18.8 Å². The molecule has 9 heteroatoms. The second-order valence-corrected chi connectivity index (χ2v) is 8.00. The summed E-state index contributed by atoms with van der Waals surface area (Å²) in [6.07, 6.45) is 0. The van der Waals surface area contributed by atoms with Gasteiger partial charge in [0.05, 0.1) is 0 Å². The van der Waals surface area contributed by atoms with E-state index in [1.807, 2.05) is 19.0 Å². The summed E-state index contributed by atoms with van der Waals surface area (Å²) in [5.41, 5.74) is 0.949. The number of benzene rings is 2. The average molecular weight is 447 g/mol. The van der Waals surface area contributed by atoms with Crippen molar-refractivity contribution >= 4 is 35.0 Å². The third kappa shape index (κ3) is 5.80. The lowest BCUT2D eigenvalue weighted by molar-refractivity contribution is -0.132. The predicted molar refractivity (Wildman–Crippen MR) is 116 cm³/mol. The zero-order valence-electron chi connectivity index (χ0n) is 17.4. The molecule has 3 rings (SSSR count). The van der Waals surface area contributed by atoms with E-state index < -0.39 is 5.82 Å². The van der Waals surface area contributed by atoms with Crippen LogP contribution < -0.4 is 4.90 Å². The minimum Gasteiger partial charge on any atom is -0.328 e. The average Bonchev–Trinajstić information content (AvgIpc) is 3.13. The van der Waals surface area contributed by atoms with Gasteiger partial charge in [-0.1, -0.05) is 11.6 Å². The van der Waals surface area contributed by atoms with E-state index in [4.69, 9.17) is 11.6 Å². The summed E-state index contributed by atoms with van der Waals surface area (Å²) in [6.45, 7) is 0.735. The van der Waals surface area contributed by atoms with Gasteiger partial charge in [0.2, 0.25) is 11.8 Å². The molecule has 0 saturated carbocycles. The molecule has 1 aliphatic rings. The van der Waals surface area contributed by atoms with Gasteiger partial charge < -0.3 is 14.7 Å². The molecule has 0 bridgehead atoms. The highest BCUT2D eigenvalue weighted by Gasteiger charge is 2.33. The summed E-state index contributed by atoms with van der Waals surface area (Å²) in [5.74, 6) is -1.35. The molecular formula is C22H24ClFN4O3. The van der Waals surface area contributed by atoms with Crippen LogP contribution in [0.15, 0.2) is 48.5 Å². The topological polar surface area (TPSA) is 64.2 Å². The summed E-state index contributed by atoms with van der Waals surface area (Å²) in [6, 6.07) is 12.0. The molecule has 0 spiro atoms. The molecule has 3 amide bonds. The first-order valence-corrected chi connectivity index (χ1v) is 10.2. The van der Waals surface area contributed by atoms with E-state index in [-0.39, 0.29) is 37.5 Å². The van der Waals surface area contributed by atoms with Gasteiger partial charge >= 0.3 is 0 Å². The van der Waals surface area contributed by atoms with Crippen molar-refractivity contribution in [3.63, 3.8) is 0 Å². The van der Waals surface area contributed by atoms with Crippen molar-refractivity contribution in [2.24, 2.45) is 0 Å². The molecule has 2 aromatic rings. The first kappa shape index (κ1) is 22.7. The van der Waals surface area contributed by atoms with E-state index in [1.165, 1.54) is 39.0 Å². The van der Waals surface area contributed by atoms with Crippen LogP contribution in [0.3, 0.4) is 0 Å². The Labute approximate surface area is 185 Å². The normalized spacial score (nSPS) is 13.8. The largest absolute Gasteiger partial charge is 0.328 e. The van der Waals surface area contributed by atoms with Crippen molar-refractivity contribution in [2.75, 3.05) is 51.8 Å². The molecule has 0 aliphatic carbocycles. The highest BCUT2D eigenvalue weighted by molar-refractivity contribution is 6.30. The van der Waals surface area contributed by atoms with Crippen molar-refractivity contribution in [2.45, 2.75) is 0 Å². The number of carbonyl (C=O) groups excluding carboxylic acids is 3. The first-order chi connectivity index (χ1) is 14.7. The second-order valence-electron chi connectivity index (χ2n) is 7.57. The maximum atomic E-state index is 13.2. The van der Waals surface area contributed by atoms with Gasteiger partial charge in [-0.15, -0.1) is 0 Å². The summed E-state index contributed by atoms with van der Waals surface area (Å²) in [5, 5.41) is 0.555. The molecule has 31 heavy (non-hydrogen) atoms. The lowest BCUT2D eigenvalue weighted by Gasteiger charge is -2.26. The molecule has 0 radical (unpaired) electrons. The fourth-order valence-corrected chi connectivity index (χ4v) is 3.30. The smallest absolute Gasteiger partial charge is 0.254 e. The second kappa shape index (κ2) is 9.89. The minimum absolute atomic E-state index is 0.0618. The molecule has 1 heterocycles. The minimum atomic E-state index is -0.440. The molecule has 2 aromatic carbocycles. The lowest BCUT2D eigenvalue weighted by atomic mass is 10.2. The fraction of sp³-hybridized carbons (Fsp3) is 0.318. The fourth-order valence-electron chi connectivity index (χ4n) is 3.17.